The second kappa shape index (κ2) is 12.7. The van der Waals surface area contributed by atoms with Gasteiger partial charge in [0.05, 0.1) is 10.8 Å². The molecule has 0 fully saturated rings. The molecule has 1 rings (SSSR count). The molecule has 0 spiro atoms. The first-order valence-electron chi connectivity index (χ1n) is 12.0. The smallest absolute Gasteiger partial charge is 0.309 e. The van der Waals surface area contributed by atoms with E-state index in [9.17, 15) is 35.1 Å². The Kier molecular flexibility index (Phi) is 11.0. The number of phenols is 3. The van der Waals surface area contributed by atoms with Gasteiger partial charge in [-0.3, -0.25) is 9.59 Å². The quantitative estimate of drug-likeness (QED) is 0.149. The fourth-order valence-electron chi connectivity index (χ4n) is 3.91. The maximum atomic E-state index is 11.2. The van der Waals surface area contributed by atoms with E-state index in [-0.39, 0.29) is 11.5 Å². The second-order valence-electron chi connectivity index (χ2n) is 10.4. The number of rotatable bonds is 16. The summed E-state index contributed by atoms with van der Waals surface area (Å²) in [6.45, 7) is 6.92. The van der Waals surface area contributed by atoms with Crippen molar-refractivity contribution in [2.45, 2.75) is 105 Å². The van der Waals surface area contributed by atoms with Crippen LogP contribution in [0.25, 0.3) is 0 Å². The van der Waals surface area contributed by atoms with Crippen molar-refractivity contribution in [3.8, 4) is 17.2 Å². The van der Waals surface area contributed by atoms with Crippen molar-refractivity contribution in [2.24, 2.45) is 10.8 Å². The fraction of sp³-hybridized carbons (Fsp3) is 0.692. The molecule has 0 aliphatic heterocycles. The number of aryl methyl sites for hydroxylation is 1. The summed E-state index contributed by atoms with van der Waals surface area (Å²) in [6, 6.07) is 1.52. The molecular weight excluding hydrogens is 424 g/mol. The summed E-state index contributed by atoms with van der Waals surface area (Å²) in [7, 11) is 0. The highest BCUT2D eigenvalue weighted by Crippen LogP contribution is 2.41. The van der Waals surface area contributed by atoms with Crippen molar-refractivity contribution in [3.05, 3.63) is 17.2 Å². The molecule has 0 heterocycles. The molecule has 0 aliphatic rings. The number of benzene rings is 1. The van der Waals surface area contributed by atoms with Crippen molar-refractivity contribution in [1.82, 2.24) is 0 Å². The number of hydrogen-bond acceptors (Lipinski definition) is 5. The van der Waals surface area contributed by atoms with E-state index in [4.69, 9.17) is 0 Å². The average molecular weight is 467 g/mol. The number of hydrogen-bond donors (Lipinski definition) is 5. The number of aromatic hydroxyl groups is 3. The van der Waals surface area contributed by atoms with Gasteiger partial charge in [-0.2, -0.15) is 0 Å². The number of carboxylic acid groups (broad SMARTS) is 2. The first-order chi connectivity index (χ1) is 15.3. The third-order valence-corrected chi connectivity index (χ3v) is 6.59. The average Bonchev–Trinajstić information content (AvgIpc) is 2.72. The highest BCUT2D eigenvalue weighted by atomic mass is 16.4. The maximum absolute atomic E-state index is 11.2. The highest BCUT2D eigenvalue weighted by Gasteiger charge is 2.26. The Morgan fingerprint density at radius 1 is 0.667 bits per heavy atom. The van der Waals surface area contributed by atoms with E-state index < -0.39 is 28.5 Å². The predicted molar refractivity (Wildman–Crippen MR) is 128 cm³/mol. The zero-order chi connectivity index (χ0) is 25.2. The summed E-state index contributed by atoms with van der Waals surface area (Å²) >= 11 is 0. The van der Waals surface area contributed by atoms with Crippen LogP contribution in [-0.2, 0) is 22.4 Å². The van der Waals surface area contributed by atoms with Crippen LogP contribution in [0.1, 0.15) is 103 Å². The van der Waals surface area contributed by atoms with E-state index in [1.807, 2.05) is 0 Å². The van der Waals surface area contributed by atoms with Gasteiger partial charge in [0.15, 0.2) is 11.5 Å². The monoisotopic (exact) mass is 466 g/mol. The topological polar surface area (TPSA) is 135 Å². The van der Waals surface area contributed by atoms with Crippen LogP contribution in [0.4, 0.5) is 0 Å². The minimum atomic E-state index is -0.790. The Hall–Kier alpha value is -2.44. The Bertz CT molecular complexity index is 796. The van der Waals surface area contributed by atoms with Crippen LogP contribution < -0.4 is 0 Å². The molecule has 7 heteroatoms. The van der Waals surface area contributed by atoms with Crippen LogP contribution in [0, 0.1) is 10.8 Å². The minimum absolute atomic E-state index is 0.264. The summed E-state index contributed by atoms with van der Waals surface area (Å²) in [4.78, 5) is 22.4. The third kappa shape index (κ3) is 9.14. The number of carboxylic acids is 2. The number of aliphatic carboxylic acids is 2. The van der Waals surface area contributed by atoms with Gasteiger partial charge in [0.1, 0.15) is 0 Å². The van der Waals surface area contributed by atoms with E-state index in [1.54, 1.807) is 27.7 Å². The summed E-state index contributed by atoms with van der Waals surface area (Å²) in [5.74, 6) is -2.66. The molecule has 188 valence electrons. The molecule has 0 bridgehead atoms. The van der Waals surface area contributed by atoms with Crippen molar-refractivity contribution < 1.29 is 35.1 Å². The van der Waals surface area contributed by atoms with Crippen LogP contribution >= 0.6 is 0 Å². The molecule has 0 aromatic heterocycles. The van der Waals surface area contributed by atoms with Gasteiger partial charge >= 0.3 is 11.9 Å². The number of unbranched alkanes of at least 4 members (excludes halogenated alkanes) is 6. The van der Waals surface area contributed by atoms with E-state index in [0.29, 0.717) is 31.2 Å². The molecular formula is C26H42O7. The van der Waals surface area contributed by atoms with E-state index >= 15 is 0 Å². The van der Waals surface area contributed by atoms with Crippen LogP contribution in [-0.4, -0.2) is 37.5 Å². The molecule has 5 N–H and O–H groups in total. The summed E-state index contributed by atoms with van der Waals surface area (Å²) < 4.78 is 0. The van der Waals surface area contributed by atoms with Crippen LogP contribution in [0.5, 0.6) is 17.2 Å². The molecule has 0 unspecified atom stereocenters. The lowest BCUT2D eigenvalue weighted by atomic mass is 9.86. The lowest BCUT2D eigenvalue weighted by Crippen LogP contribution is -2.23. The minimum Gasteiger partial charge on any atom is -0.504 e. The van der Waals surface area contributed by atoms with Gasteiger partial charge in [0.2, 0.25) is 5.75 Å². The SMILES string of the molecule is CC(C)(CCCCCCc1cc(O)c(O)c(O)c1CCCCCCC(C)(C)C(=O)O)C(=O)O. The van der Waals surface area contributed by atoms with E-state index in [2.05, 4.69) is 0 Å². The second-order valence-corrected chi connectivity index (χ2v) is 10.4. The van der Waals surface area contributed by atoms with Crippen molar-refractivity contribution in [1.29, 1.82) is 0 Å². The summed E-state index contributed by atoms with van der Waals surface area (Å²) in [6.07, 6.45) is 9.35. The molecule has 0 radical (unpaired) electrons. The Balaban J connectivity index is 2.54. The first-order valence-corrected chi connectivity index (χ1v) is 12.0. The molecule has 0 atom stereocenters. The molecule has 0 saturated heterocycles. The van der Waals surface area contributed by atoms with Crippen LogP contribution in [0.15, 0.2) is 6.07 Å². The third-order valence-electron chi connectivity index (χ3n) is 6.59. The van der Waals surface area contributed by atoms with Gasteiger partial charge in [-0.1, -0.05) is 38.5 Å². The number of carbonyl (C=O) groups is 2. The summed E-state index contributed by atoms with van der Waals surface area (Å²) in [5, 5.41) is 48.6. The summed E-state index contributed by atoms with van der Waals surface area (Å²) in [5.41, 5.74) is 0.0340. The molecule has 0 saturated carbocycles. The number of phenolic OH excluding ortho intramolecular Hbond substituents is 3. The first kappa shape index (κ1) is 28.6. The van der Waals surface area contributed by atoms with E-state index in [0.717, 1.165) is 56.9 Å². The Labute approximate surface area is 197 Å². The lowest BCUT2D eigenvalue weighted by Gasteiger charge is -2.19. The molecule has 33 heavy (non-hydrogen) atoms. The van der Waals surface area contributed by atoms with E-state index in [1.165, 1.54) is 6.07 Å². The zero-order valence-corrected chi connectivity index (χ0v) is 20.6. The maximum Gasteiger partial charge on any atom is 0.309 e. The highest BCUT2D eigenvalue weighted by molar-refractivity contribution is 5.73. The Morgan fingerprint density at radius 2 is 1.09 bits per heavy atom. The van der Waals surface area contributed by atoms with Gasteiger partial charge < -0.3 is 25.5 Å². The molecule has 0 amide bonds. The molecule has 1 aromatic rings. The fourth-order valence-corrected chi connectivity index (χ4v) is 3.91. The van der Waals surface area contributed by atoms with Gasteiger partial charge in [0, 0.05) is 5.56 Å². The zero-order valence-electron chi connectivity index (χ0n) is 20.6. The van der Waals surface area contributed by atoms with Crippen LogP contribution in [0.2, 0.25) is 0 Å². The van der Waals surface area contributed by atoms with Crippen molar-refractivity contribution in [2.75, 3.05) is 0 Å². The van der Waals surface area contributed by atoms with Gasteiger partial charge in [-0.05, 0) is 77.8 Å². The van der Waals surface area contributed by atoms with Crippen molar-refractivity contribution in [3.63, 3.8) is 0 Å². The van der Waals surface area contributed by atoms with Gasteiger partial charge in [-0.15, -0.1) is 0 Å². The Morgan fingerprint density at radius 3 is 1.55 bits per heavy atom. The predicted octanol–water partition coefficient (Wildman–Crippen LogP) is 6.01. The van der Waals surface area contributed by atoms with Crippen LogP contribution in [0.3, 0.4) is 0 Å². The standard InChI is InChI=1S/C26H42O7/c1-25(2,23(30)31)15-11-7-5-9-13-18-17-20(27)22(29)21(28)19(18)14-10-6-8-12-16-26(3,4)24(32)33/h17,27-29H,5-16H2,1-4H3,(H,30,31)(H,32,33). The molecule has 7 nitrogen and oxygen atoms in total. The van der Waals surface area contributed by atoms with Crippen molar-refractivity contribution >= 4 is 11.9 Å². The molecule has 0 aliphatic carbocycles. The molecule has 1 aromatic carbocycles. The normalized spacial score (nSPS) is 12.1. The van der Waals surface area contributed by atoms with Gasteiger partial charge in [-0.25, -0.2) is 0 Å². The van der Waals surface area contributed by atoms with Gasteiger partial charge in [0.25, 0.3) is 0 Å². The lowest BCUT2D eigenvalue weighted by molar-refractivity contribution is -0.148. The largest absolute Gasteiger partial charge is 0.504 e.